The molecular weight excluding hydrogens is 559 g/mol. The van der Waals surface area contributed by atoms with Crippen molar-refractivity contribution in [2.75, 3.05) is 0 Å². The molecule has 1 atom stereocenters. The van der Waals surface area contributed by atoms with E-state index in [1.807, 2.05) is 60.7 Å². The van der Waals surface area contributed by atoms with E-state index in [1.54, 1.807) is 0 Å². The smallest absolute Gasteiger partial charge is 0.415 e. The van der Waals surface area contributed by atoms with E-state index < -0.39 is 17.1 Å². The van der Waals surface area contributed by atoms with Gasteiger partial charge in [0.1, 0.15) is 18.2 Å². The van der Waals surface area contributed by atoms with Crippen LogP contribution in [0.2, 0.25) is 0 Å². The second-order valence-electron chi connectivity index (χ2n) is 8.95. The van der Waals surface area contributed by atoms with Gasteiger partial charge in [0.25, 0.3) is 0 Å². The molecule has 210 valence electrons. The van der Waals surface area contributed by atoms with Gasteiger partial charge in [-0.05, 0) is 23.3 Å². The van der Waals surface area contributed by atoms with Crippen LogP contribution in [-0.2, 0) is 13.2 Å². The second kappa shape index (κ2) is 11.8. The molecule has 0 aliphatic carbocycles. The molecule has 1 aromatic heterocycles. The SMILES string of the molecule is O=[N+]([O-])c1cc(-c2csc(C3=CC=CN(O)C3C(F)(F)F)n2)cc(OCc2ccccc2)c1OCc1ccccc1. The average Bonchev–Trinajstić information content (AvgIpc) is 3.45. The van der Waals surface area contributed by atoms with Crippen LogP contribution in [0, 0.1) is 10.1 Å². The molecule has 1 aliphatic heterocycles. The number of alkyl halides is 3. The van der Waals surface area contributed by atoms with E-state index in [0.29, 0.717) is 0 Å². The van der Waals surface area contributed by atoms with Crippen LogP contribution >= 0.6 is 11.3 Å². The number of hydrogen-bond acceptors (Lipinski definition) is 8. The summed E-state index contributed by atoms with van der Waals surface area (Å²) in [7, 11) is 0. The molecule has 3 aromatic carbocycles. The predicted molar refractivity (Wildman–Crippen MR) is 146 cm³/mol. The van der Waals surface area contributed by atoms with E-state index in [4.69, 9.17) is 9.47 Å². The highest BCUT2D eigenvalue weighted by atomic mass is 32.1. The number of hydrogen-bond donors (Lipinski definition) is 1. The number of rotatable bonds is 9. The van der Waals surface area contributed by atoms with E-state index in [2.05, 4.69) is 4.98 Å². The summed E-state index contributed by atoms with van der Waals surface area (Å²) < 4.78 is 53.0. The average molecular weight is 582 g/mol. The van der Waals surface area contributed by atoms with E-state index in [0.717, 1.165) is 28.7 Å². The Morgan fingerprint density at radius 3 is 2.24 bits per heavy atom. The molecule has 1 aliphatic rings. The maximum absolute atomic E-state index is 13.7. The molecule has 0 fully saturated rings. The Kier molecular flexibility index (Phi) is 8.04. The van der Waals surface area contributed by atoms with Crippen molar-refractivity contribution < 1.29 is 32.8 Å². The first-order valence-corrected chi connectivity index (χ1v) is 13.1. The fourth-order valence-electron chi connectivity index (χ4n) is 4.20. The quantitative estimate of drug-likeness (QED) is 0.162. The van der Waals surface area contributed by atoms with Crippen molar-refractivity contribution >= 4 is 22.6 Å². The maximum atomic E-state index is 13.7. The van der Waals surface area contributed by atoms with Gasteiger partial charge in [-0.25, -0.2) is 10.0 Å². The van der Waals surface area contributed by atoms with Crippen LogP contribution in [0.1, 0.15) is 16.1 Å². The molecule has 1 N–H and O–H groups in total. The van der Waals surface area contributed by atoms with E-state index in [1.165, 1.54) is 29.7 Å². The van der Waals surface area contributed by atoms with Crippen molar-refractivity contribution in [1.82, 2.24) is 10.0 Å². The molecule has 0 spiro atoms. The Labute approximate surface area is 236 Å². The molecule has 12 heteroatoms. The molecule has 0 saturated heterocycles. The summed E-state index contributed by atoms with van der Waals surface area (Å²) in [5.74, 6) is 0.000205. The molecule has 8 nitrogen and oxygen atoms in total. The molecule has 0 amide bonds. The number of ether oxygens (including phenoxy) is 2. The third kappa shape index (κ3) is 6.39. The van der Waals surface area contributed by atoms with Crippen molar-refractivity contribution in [3.05, 3.63) is 123 Å². The summed E-state index contributed by atoms with van der Waals surface area (Å²) in [6.45, 7) is 0.131. The molecule has 4 aromatic rings. The standard InChI is InChI=1S/C29H22F3N3O5S/c30-29(31,32)27-22(12-7-13-34(27)36)28-33-23(18-41-28)21-14-24(35(37)38)26(40-17-20-10-5-2-6-11-20)25(15-21)39-16-19-8-3-1-4-9-19/h1-15,18,27,36H,16-17H2. The van der Waals surface area contributed by atoms with E-state index in [-0.39, 0.29) is 57.3 Å². The minimum atomic E-state index is -4.77. The summed E-state index contributed by atoms with van der Waals surface area (Å²) in [6.07, 6.45) is -1.36. The molecule has 41 heavy (non-hydrogen) atoms. The topological polar surface area (TPSA) is 98.0 Å². The van der Waals surface area contributed by atoms with Gasteiger partial charge in [0.2, 0.25) is 5.75 Å². The number of thiazole rings is 1. The van der Waals surface area contributed by atoms with Gasteiger partial charge in [-0.15, -0.1) is 11.3 Å². The Morgan fingerprint density at radius 2 is 1.63 bits per heavy atom. The van der Waals surface area contributed by atoms with Gasteiger partial charge < -0.3 is 9.47 Å². The molecule has 5 rings (SSSR count). The monoisotopic (exact) mass is 581 g/mol. The number of allylic oxidation sites excluding steroid dienone is 2. The van der Waals surface area contributed by atoms with Crippen LogP contribution in [0.25, 0.3) is 16.8 Å². The number of nitro benzene ring substituents is 1. The van der Waals surface area contributed by atoms with Crippen molar-refractivity contribution in [3.8, 4) is 22.8 Å². The number of aromatic nitrogens is 1. The van der Waals surface area contributed by atoms with Gasteiger partial charge in [0.15, 0.2) is 11.8 Å². The molecule has 2 heterocycles. The third-order valence-electron chi connectivity index (χ3n) is 6.13. The van der Waals surface area contributed by atoms with Gasteiger partial charge >= 0.3 is 11.9 Å². The zero-order chi connectivity index (χ0) is 29.0. The highest BCUT2D eigenvalue weighted by Gasteiger charge is 2.47. The number of benzene rings is 3. The van der Waals surface area contributed by atoms with Gasteiger partial charge in [-0.3, -0.25) is 15.3 Å². The van der Waals surface area contributed by atoms with E-state index in [9.17, 15) is 28.5 Å². The van der Waals surface area contributed by atoms with Crippen molar-refractivity contribution in [2.45, 2.75) is 25.4 Å². The lowest BCUT2D eigenvalue weighted by atomic mass is 10.0. The van der Waals surface area contributed by atoms with Crippen molar-refractivity contribution in [3.63, 3.8) is 0 Å². The number of halogens is 3. The van der Waals surface area contributed by atoms with Gasteiger partial charge in [0.05, 0.1) is 10.6 Å². The number of nitrogens with zero attached hydrogens (tertiary/aromatic N) is 3. The van der Waals surface area contributed by atoms with Crippen molar-refractivity contribution in [1.29, 1.82) is 0 Å². The van der Waals surface area contributed by atoms with Gasteiger partial charge in [0, 0.05) is 28.8 Å². The van der Waals surface area contributed by atoms with Crippen LogP contribution in [0.3, 0.4) is 0 Å². The zero-order valence-electron chi connectivity index (χ0n) is 21.2. The first-order chi connectivity index (χ1) is 19.7. The number of nitro groups is 1. The predicted octanol–water partition coefficient (Wildman–Crippen LogP) is 7.41. The fraction of sp³-hybridized carbons (Fsp3) is 0.138. The Bertz CT molecular complexity index is 1590. The summed E-state index contributed by atoms with van der Waals surface area (Å²) in [4.78, 5) is 15.9. The second-order valence-corrected chi connectivity index (χ2v) is 9.81. The van der Waals surface area contributed by atoms with Crippen LogP contribution in [0.4, 0.5) is 18.9 Å². The normalized spacial score (nSPS) is 15.0. The Balaban J connectivity index is 1.53. The lowest BCUT2D eigenvalue weighted by molar-refractivity contribution is -0.386. The first kappa shape index (κ1) is 27.9. The third-order valence-corrected chi connectivity index (χ3v) is 7.02. The summed E-state index contributed by atoms with van der Waals surface area (Å²) in [5.41, 5.74) is 1.42. The van der Waals surface area contributed by atoms with Gasteiger partial charge in [-0.2, -0.15) is 13.2 Å². The Hall–Kier alpha value is -4.68. The van der Waals surface area contributed by atoms with Crippen LogP contribution < -0.4 is 9.47 Å². The molecular formula is C29H22F3N3O5S. The fourth-order valence-corrected chi connectivity index (χ4v) is 5.08. The number of hydroxylamine groups is 2. The van der Waals surface area contributed by atoms with Crippen LogP contribution in [-0.4, -0.2) is 32.4 Å². The lowest BCUT2D eigenvalue weighted by Gasteiger charge is -2.30. The minimum Gasteiger partial charge on any atom is -0.485 e. The maximum Gasteiger partial charge on any atom is 0.415 e. The zero-order valence-corrected chi connectivity index (χ0v) is 22.0. The summed E-state index contributed by atoms with van der Waals surface area (Å²) in [5, 5.41) is 23.6. The highest BCUT2D eigenvalue weighted by Crippen LogP contribution is 2.44. The molecule has 1 unspecified atom stereocenters. The summed E-state index contributed by atoms with van der Waals surface area (Å²) >= 11 is 0.922. The van der Waals surface area contributed by atoms with Crippen molar-refractivity contribution in [2.24, 2.45) is 0 Å². The first-order valence-electron chi connectivity index (χ1n) is 12.2. The Morgan fingerprint density at radius 1 is 1.00 bits per heavy atom. The minimum absolute atomic E-state index is 0.00420. The highest BCUT2D eigenvalue weighted by molar-refractivity contribution is 7.11. The molecule has 0 saturated carbocycles. The van der Waals surface area contributed by atoms with E-state index >= 15 is 0 Å². The largest absolute Gasteiger partial charge is 0.485 e. The van der Waals surface area contributed by atoms with Gasteiger partial charge in [-0.1, -0.05) is 66.7 Å². The lowest BCUT2D eigenvalue weighted by Crippen LogP contribution is -2.43. The van der Waals surface area contributed by atoms with Crippen LogP contribution in [0.15, 0.2) is 96.5 Å². The molecule has 0 radical (unpaired) electrons. The van der Waals surface area contributed by atoms with Crippen LogP contribution in [0.5, 0.6) is 11.5 Å². The summed E-state index contributed by atoms with van der Waals surface area (Å²) in [6, 6.07) is 18.8. The molecule has 0 bridgehead atoms.